The molecule has 2 rings (SSSR count). The van der Waals surface area contributed by atoms with E-state index in [0.717, 1.165) is 5.56 Å². The van der Waals surface area contributed by atoms with Crippen LogP contribution in [0.25, 0.3) is 0 Å². The zero-order chi connectivity index (χ0) is 14.6. The Kier molecular flexibility index (Phi) is 4.74. The molecule has 1 aromatic carbocycles. The van der Waals surface area contributed by atoms with Gasteiger partial charge in [0.05, 0.1) is 12.3 Å². The topological polar surface area (TPSA) is 92.5 Å². The van der Waals surface area contributed by atoms with Gasteiger partial charge in [0.25, 0.3) is 0 Å². The van der Waals surface area contributed by atoms with E-state index in [1.54, 1.807) is 12.1 Å². The number of hydrogen-bond donors (Lipinski definition) is 2. The maximum atomic E-state index is 12.4. The Morgan fingerprint density at radius 3 is 2.65 bits per heavy atom. The van der Waals surface area contributed by atoms with Gasteiger partial charge >= 0.3 is 0 Å². The summed E-state index contributed by atoms with van der Waals surface area (Å²) in [5, 5.41) is 2.67. The standard InChI is InChI=1S/C13H19N3O3S/c14-8-11-4-1-2-5-12(11)10-20(18,19)16-7-3-6-15-13(17)9-16/h1-2,4-5H,3,6-10,14H2,(H,15,17). The van der Waals surface area contributed by atoms with Gasteiger partial charge in [-0.05, 0) is 17.5 Å². The molecule has 1 aliphatic heterocycles. The summed E-state index contributed by atoms with van der Waals surface area (Å²) in [5.41, 5.74) is 7.13. The van der Waals surface area contributed by atoms with Gasteiger partial charge in [0.2, 0.25) is 15.9 Å². The molecule has 0 saturated carbocycles. The highest BCUT2D eigenvalue weighted by molar-refractivity contribution is 7.88. The van der Waals surface area contributed by atoms with Crippen LogP contribution in [0, 0.1) is 0 Å². The minimum absolute atomic E-state index is 0.104. The lowest BCUT2D eigenvalue weighted by Crippen LogP contribution is -2.38. The molecule has 0 atom stereocenters. The Morgan fingerprint density at radius 1 is 1.25 bits per heavy atom. The molecule has 1 heterocycles. The molecule has 3 N–H and O–H groups in total. The van der Waals surface area contributed by atoms with E-state index >= 15 is 0 Å². The van der Waals surface area contributed by atoms with E-state index in [-0.39, 0.29) is 18.2 Å². The third-order valence-electron chi connectivity index (χ3n) is 3.30. The van der Waals surface area contributed by atoms with E-state index in [2.05, 4.69) is 5.32 Å². The highest BCUT2D eigenvalue weighted by atomic mass is 32.2. The first kappa shape index (κ1) is 15.0. The average molecular weight is 297 g/mol. The molecule has 0 radical (unpaired) electrons. The number of carbonyl (C=O) groups excluding carboxylic acids is 1. The van der Waals surface area contributed by atoms with Crippen molar-refractivity contribution in [3.05, 3.63) is 35.4 Å². The van der Waals surface area contributed by atoms with Crippen LogP contribution in [-0.2, 0) is 27.1 Å². The number of amides is 1. The second-order valence-electron chi connectivity index (χ2n) is 4.77. The summed E-state index contributed by atoms with van der Waals surface area (Å²) in [6.07, 6.45) is 0.628. The van der Waals surface area contributed by atoms with Gasteiger partial charge in [-0.25, -0.2) is 8.42 Å². The molecule has 20 heavy (non-hydrogen) atoms. The zero-order valence-corrected chi connectivity index (χ0v) is 12.0. The summed E-state index contributed by atoms with van der Waals surface area (Å²) in [4.78, 5) is 11.5. The van der Waals surface area contributed by atoms with E-state index in [0.29, 0.717) is 31.6 Å². The largest absolute Gasteiger partial charge is 0.355 e. The molecule has 1 saturated heterocycles. The fraction of sp³-hybridized carbons (Fsp3) is 0.462. The van der Waals surface area contributed by atoms with Crippen molar-refractivity contribution in [1.82, 2.24) is 9.62 Å². The van der Waals surface area contributed by atoms with Crippen molar-refractivity contribution in [2.24, 2.45) is 5.73 Å². The summed E-state index contributed by atoms with van der Waals surface area (Å²) in [7, 11) is -3.51. The first-order valence-electron chi connectivity index (χ1n) is 6.54. The van der Waals surface area contributed by atoms with Crippen LogP contribution in [0.5, 0.6) is 0 Å². The average Bonchev–Trinajstić information content (AvgIpc) is 2.64. The smallest absolute Gasteiger partial charge is 0.235 e. The summed E-state index contributed by atoms with van der Waals surface area (Å²) < 4.78 is 26.1. The van der Waals surface area contributed by atoms with Crippen molar-refractivity contribution >= 4 is 15.9 Å². The monoisotopic (exact) mass is 297 g/mol. The van der Waals surface area contributed by atoms with Crippen molar-refractivity contribution < 1.29 is 13.2 Å². The van der Waals surface area contributed by atoms with E-state index in [9.17, 15) is 13.2 Å². The van der Waals surface area contributed by atoms with Gasteiger partial charge in [-0.2, -0.15) is 4.31 Å². The van der Waals surface area contributed by atoms with E-state index in [1.165, 1.54) is 4.31 Å². The number of benzene rings is 1. The third-order valence-corrected chi connectivity index (χ3v) is 5.07. The second kappa shape index (κ2) is 6.34. The molecule has 0 unspecified atom stereocenters. The Hall–Kier alpha value is -1.44. The van der Waals surface area contributed by atoms with Crippen LogP contribution < -0.4 is 11.1 Å². The van der Waals surface area contributed by atoms with Gasteiger partial charge in [0.1, 0.15) is 0 Å². The maximum absolute atomic E-state index is 12.4. The van der Waals surface area contributed by atoms with Crippen molar-refractivity contribution in [2.45, 2.75) is 18.7 Å². The minimum atomic E-state index is -3.51. The predicted octanol–water partition coefficient (Wildman–Crippen LogP) is -0.203. The Labute approximate surface area is 119 Å². The number of carbonyl (C=O) groups is 1. The number of rotatable bonds is 4. The van der Waals surface area contributed by atoms with E-state index in [4.69, 9.17) is 5.73 Å². The molecule has 6 nitrogen and oxygen atoms in total. The number of sulfonamides is 1. The summed E-state index contributed by atoms with van der Waals surface area (Å²) in [6.45, 7) is 1.08. The molecule has 1 aliphatic rings. The number of hydrogen-bond acceptors (Lipinski definition) is 4. The number of nitrogens with two attached hydrogens (primary N) is 1. The molecule has 1 amide bonds. The van der Waals surface area contributed by atoms with Crippen LogP contribution in [0.15, 0.2) is 24.3 Å². The highest BCUT2D eigenvalue weighted by Crippen LogP contribution is 2.16. The summed E-state index contributed by atoms with van der Waals surface area (Å²) in [6, 6.07) is 7.20. The first-order valence-corrected chi connectivity index (χ1v) is 8.15. The van der Waals surface area contributed by atoms with Gasteiger partial charge in [-0.3, -0.25) is 4.79 Å². The van der Waals surface area contributed by atoms with Gasteiger partial charge < -0.3 is 11.1 Å². The molecule has 110 valence electrons. The van der Waals surface area contributed by atoms with Crippen molar-refractivity contribution in [1.29, 1.82) is 0 Å². The molecule has 1 fully saturated rings. The molecule has 0 aliphatic carbocycles. The van der Waals surface area contributed by atoms with Gasteiger partial charge in [-0.15, -0.1) is 0 Å². The van der Waals surface area contributed by atoms with E-state index < -0.39 is 10.0 Å². The van der Waals surface area contributed by atoms with Crippen molar-refractivity contribution in [2.75, 3.05) is 19.6 Å². The van der Waals surface area contributed by atoms with Crippen LogP contribution in [0.4, 0.5) is 0 Å². The molecule has 7 heteroatoms. The van der Waals surface area contributed by atoms with Crippen molar-refractivity contribution in [3.8, 4) is 0 Å². The number of nitrogens with one attached hydrogen (secondary N) is 1. The highest BCUT2D eigenvalue weighted by Gasteiger charge is 2.26. The fourth-order valence-corrected chi connectivity index (χ4v) is 3.78. The number of nitrogens with zero attached hydrogens (tertiary/aromatic N) is 1. The van der Waals surface area contributed by atoms with Crippen LogP contribution >= 0.6 is 0 Å². The van der Waals surface area contributed by atoms with Crippen molar-refractivity contribution in [3.63, 3.8) is 0 Å². The molecule has 0 aromatic heterocycles. The predicted molar refractivity (Wildman–Crippen MR) is 76.2 cm³/mol. The SMILES string of the molecule is NCc1ccccc1CS(=O)(=O)N1CCCNC(=O)C1. The molecule has 0 bridgehead atoms. The Bertz CT molecular complexity index is 586. The summed E-state index contributed by atoms with van der Waals surface area (Å²) >= 11 is 0. The first-order chi connectivity index (χ1) is 9.53. The zero-order valence-electron chi connectivity index (χ0n) is 11.2. The van der Waals surface area contributed by atoms with E-state index in [1.807, 2.05) is 12.1 Å². The fourth-order valence-electron chi connectivity index (χ4n) is 2.20. The molecular weight excluding hydrogens is 278 g/mol. The van der Waals surface area contributed by atoms with Gasteiger partial charge in [0, 0.05) is 19.6 Å². The lowest BCUT2D eigenvalue weighted by atomic mass is 10.1. The summed E-state index contributed by atoms with van der Waals surface area (Å²) in [5.74, 6) is -0.369. The van der Waals surface area contributed by atoms with Crippen LogP contribution in [0.3, 0.4) is 0 Å². The second-order valence-corrected chi connectivity index (χ2v) is 6.74. The Morgan fingerprint density at radius 2 is 1.95 bits per heavy atom. The lowest BCUT2D eigenvalue weighted by Gasteiger charge is -2.19. The van der Waals surface area contributed by atoms with Crippen LogP contribution in [-0.4, -0.2) is 38.3 Å². The van der Waals surface area contributed by atoms with Gasteiger partial charge in [0.15, 0.2) is 0 Å². The van der Waals surface area contributed by atoms with Crippen LogP contribution in [0.2, 0.25) is 0 Å². The van der Waals surface area contributed by atoms with Gasteiger partial charge in [-0.1, -0.05) is 24.3 Å². The molecular formula is C13H19N3O3S. The quantitative estimate of drug-likeness (QED) is 0.805. The molecule has 1 aromatic rings. The maximum Gasteiger partial charge on any atom is 0.235 e. The van der Waals surface area contributed by atoms with Crippen LogP contribution in [0.1, 0.15) is 17.5 Å². The lowest BCUT2D eigenvalue weighted by molar-refractivity contribution is -0.120. The Balaban J connectivity index is 2.19. The minimum Gasteiger partial charge on any atom is -0.355 e. The molecule has 0 spiro atoms. The third kappa shape index (κ3) is 3.56. The normalized spacial score (nSPS) is 17.6.